The van der Waals surface area contributed by atoms with Gasteiger partial charge in [0.05, 0.1) is 4.90 Å². The Labute approximate surface area is 146 Å². The minimum atomic E-state index is -3.80. The van der Waals surface area contributed by atoms with E-state index in [-0.39, 0.29) is 23.8 Å². The number of sulfone groups is 1. The molecular formula is C14H22BrClN2O3S. The molecule has 5 nitrogen and oxygen atoms in total. The van der Waals surface area contributed by atoms with Crippen LogP contribution in [0.4, 0.5) is 0 Å². The second kappa shape index (κ2) is 7.29. The minimum Gasteiger partial charge on any atom is -0.353 e. The van der Waals surface area contributed by atoms with Crippen molar-refractivity contribution in [2.75, 3.05) is 6.54 Å². The second-order valence-electron chi connectivity index (χ2n) is 6.14. The fraction of sp³-hybridized carbons (Fsp3) is 0.500. The van der Waals surface area contributed by atoms with Gasteiger partial charge in [-0.15, -0.1) is 12.4 Å². The second-order valence-corrected chi connectivity index (χ2v) is 9.55. The Morgan fingerprint density at radius 1 is 1.18 bits per heavy atom. The topological polar surface area (TPSA) is 89.3 Å². The van der Waals surface area contributed by atoms with Gasteiger partial charge in [0.2, 0.25) is 5.91 Å². The maximum Gasteiger partial charge on any atom is 0.241 e. The van der Waals surface area contributed by atoms with Crippen LogP contribution in [-0.2, 0) is 14.6 Å². The van der Waals surface area contributed by atoms with Crippen LogP contribution < -0.4 is 11.1 Å². The third-order valence-corrected chi connectivity index (χ3v) is 6.00. The predicted octanol–water partition coefficient (Wildman–Crippen LogP) is 2.28. The van der Waals surface area contributed by atoms with Crippen LogP contribution in [0.1, 0.15) is 27.7 Å². The van der Waals surface area contributed by atoms with Crippen LogP contribution in [0.25, 0.3) is 0 Å². The quantitative estimate of drug-likeness (QED) is 0.775. The van der Waals surface area contributed by atoms with E-state index < -0.39 is 26.0 Å². The van der Waals surface area contributed by atoms with Crippen LogP contribution in [0.15, 0.2) is 33.6 Å². The molecule has 0 spiro atoms. The molecule has 0 heterocycles. The lowest BCUT2D eigenvalue weighted by molar-refractivity contribution is -0.123. The largest absolute Gasteiger partial charge is 0.353 e. The Hall–Kier alpha value is -0.630. The van der Waals surface area contributed by atoms with Crippen molar-refractivity contribution in [1.29, 1.82) is 0 Å². The number of nitrogens with two attached hydrogens (primary N) is 1. The highest BCUT2D eigenvalue weighted by atomic mass is 79.9. The molecule has 126 valence electrons. The Morgan fingerprint density at radius 3 is 2.05 bits per heavy atom. The van der Waals surface area contributed by atoms with Gasteiger partial charge in [0.1, 0.15) is 4.75 Å². The van der Waals surface area contributed by atoms with E-state index in [4.69, 9.17) is 5.73 Å². The highest BCUT2D eigenvalue weighted by molar-refractivity contribution is 9.10. The van der Waals surface area contributed by atoms with E-state index >= 15 is 0 Å². The smallest absolute Gasteiger partial charge is 0.241 e. The van der Waals surface area contributed by atoms with Gasteiger partial charge >= 0.3 is 0 Å². The van der Waals surface area contributed by atoms with Gasteiger partial charge in [-0.3, -0.25) is 4.79 Å². The number of nitrogens with one attached hydrogen (secondary N) is 1. The lowest BCUT2D eigenvalue weighted by Crippen LogP contribution is -2.53. The molecule has 1 amide bonds. The normalized spacial score (nSPS) is 12.5. The van der Waals surface area contributed by atoms with Crippen LogP contribution in [0.5, 0.6) is 0 Å². The molecule has 0 aromatic heterocycles. The fourth-order valence-electron chi connectivity index (χ4n) is 1.55. The van der Waals surface area contributed by atoms with Crippen molar-refractivity contribution < 1.29 is 13.2 Å². The number of hydrogen-bond donors (Lipinski definition) is 2. The molecule has 0 unspecified atom stereocenters. The highest BCUT2D eigenvalue weighted by Gasteiger charge is 2.42. The van der Waals surface area contributed by atoms with Crippen molar-refractivity contribution in [3.8, 4) is 0 Å². The Kier molecular flexibility index (Phi) is 7.09. The first kappa shape index (κ1) is 21.4. The first-order valence-corrected chi connectivity index (χ1v) is 8.73. The SMILES string of the molecule is CC(C)(N)CNC(=O)C(C)(C)S(=O)(=O)c1ccc(Br)cc1.Cl. The fourth-order valence-corrected chi connectivity index (χ4v) is 3.22. The molecular weight excluding hydrogens is 392 g/mol. The monoisotopic (exact) mass is 412 g/mol. The standard InChI is InChI=1S/C14H21BrN2O3S.ClH/c1-13(2,16)9-17-12(18)14(3,4)21(19,20)11-7-5-10(15)6-8-11;/h5-8H,9,16H2,1-4H3,(H,17,18);1H. The lowest BCUT2D eigenvalue weighted by atomic mass is 10.1. The third kappa shape index (κ3) is 4.94. The van der Waals surface area contributed by atoms with Gasteiger partial charge < -0.3 is 11.1 Å². The van der Waals surface area contributed by atoms with Crippen LogP contribution in [-0.4, -0.2) is 31.2 Å². The highest BCUT2D eigenvalue weighted by Crippen LogP contribution is 2.26. The van der Waals surface area contributed by atoms with E-state index in [0.29, 0.717) is 0 Å². The molecule has 0 aliphatic carbocycles. The summed E-state index contributed by atoms with van der Waals surface area (Å²) >= 11 is 3.25. The van der Waals surface area contributed by atoms with Gasteiger partial charge in [-0.1, -0.05) is 15.9 Å². The lowest BCUT2D eigenvalue weighted by Gasteiger charge is -2.26. The van der Waals surface area contributed by atoms with Crippen molar-refractivity contribution >= 4 is 44.1 Å². The summed E-state index contributed by atoms with van der Waals surface area (Å²) in [5, 5.41) is 2.60. The average molecular weight is 414 g/mol. The number of carbonyl (C=O) groups excluding carboxylic acids is 1. The van der Waals surface area contributed by atoms with Crippen LogP contribution >= 0.6 is 28.3 Å². The molecule has 3 N–H and O–H groups in total. The molecule has 0 saturated carbocycles. The van der Waals surface area contributed by atoms with Gasteiger partial charge in [-0.05, 0) is 52.0 Å². The summed E-state index contributed by atoms with van der Waals surface area (Å²) in [6.07, 6.45) is 0. The zero-order valence-electron chi connectivity index (χ0n) is 13.0. The molecule has 1 rings (SSSR count). The van der Waals surface area contributed by atoms with E-state index in [1.807, 2.05) is 0 Å². The molecule has 0 bridgehead atoms. The molecule has 0 atom stereocenters. The average Bonchev–Trinajstić information content (AvgIpc) is 2.35. The van der Waals surface area contributed by atoms with Gasteiger partial charge in [-0.25, -0.2) is 8.42 Å². The van der Waals surface area contributed by atoms with E-state index in [2.05, 4.69) is 21.2 Å². The summed E-state index contributed by atoms with van der Waals surface area (Å²) in [6, 6.07) is 6.20. The molecule has 0 aliphatic heterocycles. The zero-order valence-corrected chi connectivity index (χ0v) is 16.2. The zero-order chi connectivity index (χ0) is 16.5. The van der Waals surface area contributed by atoms with E-state index in [9.17, 15) is 13.2 Å². The maximum absolute atomic E-state index is 12.6. The summed E-state index contributed by atoms with van der Waals surface area (Å²) in [5.74, 6) is -0.566. The molecule has 0 saturated heterocycles. The third-order valence-electron chi connectivity index (χ3n) is 3.05. The number of halogens is 2. The van der Waals surface area contributed by atoms with Gasteiger partial charge in [0, 0.05) is 16.6 Å². The summed E-state index contributed by atoms with van der Waals surface area (Å²) in [5.41, 5.74) is 5.19. The summed E-state index contributed by atoms with van der Waals surface area (Å²) in [4.78, 5) is 12.4. The number of amides is 1. The van der Waals surface area contributed by atoms with E-state index in [1.54, 1.807) is 26.0 Å². The summed E-state index contributed by atoms with van der Waals surface area (Å²) < 4.78 is 24.4. The van der Waals surface area contributed by atoms with Crippen LogP contribution in [0, 0.1) is 0 Å². The molecule has 22 heavy (non-hydrogen) atoms. The van der Waals surface area contributed by atoms with Crippen molar-refractivity contribution in [1.82, 2.24) is 5.32 Å². The molecule has 0 radical (unpaired) electrons. The molecule has 8 heteroatoms. The molecule has 1 aromatic carbocycles. The van der Waals surface area contributed by atoms with E-state index in [1.165, 1.54) is 26.0 Å². The van der Waals surface area contributed by atoms with Gasteiger partial charge in [0.25, 0.3) is 0 Å². The Balaban J connectivity index is 0.00000441. The van der Waals surface area contributed by atoms with Crippen molar-refractivity contribution in [3.63, 3.8) is 0 Å². The summed E-state index contributed by atoms with van der Waals surface area (Å²) in [6.45, 7) is 6.49. The minimum absolute atomic E-state index is 0. The molecule has 0 aliphatic rings. The molecule has 1 aromatic rings. The van der Waals surface area contributed by atoms with Crippen molar-refractivity contribution in [2.45, 2.75) is 42.9 Å². The number of rotatable bonds is 5. The first-order valence-electron chi connectivity index (χ1n) is 6.45. The molecule has 0 fully saturated rings. The van der Waals surface area contributed by atoms with Crippen LogP contribution in [0.2, 0.25) is 0 Å². The summed E-state index contributed by atoms with van der Waals surface area (Å²) in [7, 11) is -3.80. The van der Waals surface area contributed by atoms with Crippen molar-refractivity contribution in [3.05, 3.63) is 28.7 Å². The number of carbonyl (C=O) groups is 1. The number of benzene rings is 1. The van der Waals surface area contributed by atoms with Gasteiger partial charge in [-0.2, -0.15) is 0 Å². The first-order chi connectivity index (χ1) is 9.38. The predicted molar refractivity (Wildman–Crippen MR) is 93.9 cm³/mol. The van der Waals surface area contributed by atoms with Crippen molar-refractivity contribution in [2.24, 2.45) is 5.73 Å². The van der Waals surface area contributed by atoms with E-state index in [0.717, 1.165) is 4.47 Å². The Bertz CT molecular complexity index is 622. The Morgan fingerprint density at radius 2 is 1.64 bits per heavy atom. The van der Waals surface area contributed by atoms with Gasteiger partial charge in [0.15, 0.2) is 9.84 Å². The van der Waals surface area contributed by atoms with Crippen LogP contribution in [0.3, 0.4) is 0 Å². The number of hydrogen-bond acceptors (Lipinski definition) is 4. The maximum atomic E-state index is 12.6.